The fourth-order valence-corrected chi connectivity index (χ4v) is 4.52. The molecule has 3 amide bonds. The normalized spacial score (nSPS) is 19.4. The van der Waals surface area contributed by atoms with Crippen LogP contribution in [0.4, 0.5) is 11.4 Å². The number of aryl methyl sites for hydroxylation is 2. The minimum Gasteiger partial charge on any atom is -0.349 e. The van der Waals surface area contributed by atoms with Crippen LogP contribution in [0.2, 0.25) is 0 Å². The summed E-state index contributed by atoms with van der Waals surface area (Å²) in [6.45, 7) is 6.40. The standard InChI is InChI=1S/C26H31N3O3/c1-16-10-11-23(17(2)12-16)18(3)27-26(32)20-13-24(30)29(15-20)22-9-5-8-21(14-22)28-25(31)19-6-4-7-19/h5,8-12,14,18-20H,4,6-7,13,15H2,1-3H3,(H,27,32)(H,28,31)/t18-,20+/m0/s1. The number of anilines is 2. The van der Waals surface area contributed by atoms with Gasteiger partial charge >= 0.3 is 0 Å². The van der Waals surface area contributed by atoms with Crippen molar-refractivity contribution in [1.29, 1.82) is 0 Å². The Morgan fingerprint density at radius 1 is 1.03 bits per heavy atom. The van der Waals surface area contributed by atoms with E-state index in [-0.39, 0.29) is 36.1 Å². The first-order valence-electron chi connectivity index (χ1n) is 11.4. The largest absolute Gasteiger partial charge is 0.349 e. The number of hydrogen-bond donors (Lipinski definition) is 2. The van der Waals surface area contributed by atoms with Crippen LogP contribution in [0.3, 0.4) is 0 Å². The van der Waals surface area contributed by atoms with E-state index in [0.29, 0.717) is 17.9 Å². The molecule has 0 aromatic heterocycles. The van der Waals surface area contributed by atoms with Crippen LogP contribution in [0.25, 0.3) is 0 Å². The van der Waals surface area contributed by atoms with Gasteiger partial charge in [0.25, 0.3) is 0 Å². The highest BCUT2D eigenvalue weighted by Crippen LogP contribution is 2.30. The van der Waals surface area contributed by atoms with E-state index >= 15 is 0 Å². The van der Waals surface area contributed by atoms with Gasteiger partial charge in [-0.3, -0.25) is 14.4 Å². The molecule has 2 N–H and O–H groups in total. The van der Waals surface area contributed by atoms with Crippen LogP contribution < -0.4 is 15.5 Å². The lowest BCUT2D eigenvalue weighted by Gasteiger charge is -2.24. The monoisotopic (exact) mass is 433 g/mol. The molecule has 1 aliphatic heterocycles. The SMILES string of the molecule is Cc1ccc([C@H](C)NC(=O)[C@@H]2CC(=O)N(c3cccc(NC(=O)C4CCC4)c3)C2)c(C)c1. The lowest BCUT2D eigenvalue weighted by Crippen LogP contribution is -2.34. The molecular weight excluding hydrogens is 402 g/mol. The van der Waals surface area contributed by atoms with E-state index in [1.54, 1.807) is 4.90 Å². The van der Waals surface area contributed by atoms with E-state index in [1.165, 1.54) is 5.56 Å². The number of amides is 3. The highest BCUT2D eigenvalue weighted by atomic mass is 16.2. The number of rotatable bonds is 6. The van der Waals surface area contributed by atoms with Crippen LogP contribution in [0.15, 0.2) is 42.5 Å². The summed E-state index contributed by atoms with van der Waals surface area (Å²) in [5.41, 5.74) is 4.80. The van der Waals surface area contributed by atoms with Crippen molar-refractivity contribution >= 4 is 29.1 Å². The third-order valence-electron chi connectivity index (χ3n) is 6.65. The Bertz CT molecular complexity index is 1040. The lowest BCUT2D eigenvalue weighted by atomic mass is 9.85. The van der Waals surface area contributed by atoms with Gasteiger partial charge < -0.3 is 15.5 Å². The topological polar surface area (TPSA) is 78.5 Å². The first kappa shape index (κ1) is 22.1. The van der Waals surface area contributed by atoms with E-state index in [9.17, 15) is 14.4 Å². The van der Waals surface area contributed by atoms with Crippen molar-refractivity contribution in [1.82, 2.24) is 5.32 Å². The Morgan fingerprint density at radius 2 is 1.81 bits per heavy atom. The highest BCUT2D eigenvalue weighted by Gasteiger charge is 2.36. The second-order valence-electron chi connectivity index (χ2n) is 9.16. The number of carbonyl (C=O) groups is 3. The summed E-state index contributed by atoms with van der Waals surface area (Å²) >= 11 is 0. The van der Waals surface area contributed by atoms with E-state index in [0.717, 1.165) is 30.4 Å². The summed E-state index contributed by atoms with van der Waals surface area (Å²) < 4.78 is 0. The van der Waals surface area contributed by atoms with E-state index < -0.39 is 5.92 Å². The van der Waals surface area contributed by atoms with Crippen LogP contribution >= 0.6 is 0 Å². The van der Waals surface area contributed by atoms with Gasteiger partial charge in [0.2, 0.25) is 17.7 Å². The van der Waals surface area contributed by atoms with Gasteiger partial charge in [0.15, 0.2) is 0 Å². The molecular formula is C26H31N3O3. The first-order chi connectivity index (χ1) is 15.3. The molecule has 4 rings (SSSR count). The molecule has 0 unspecified atom stereocenters. The molecule has 0 radical (unpaired) electrons. The molecule has 0 bridgehead atoms. The van der Waals surface area contributed by atoms with Gasteiger partial charge in [-0.15, -0.1) is 0 Å². The van der Waals surface area contributed by atoms with Crippen LogP contribution in [0.1, 0.15) is 55.3 Å². The Balaban J connectivity index is 1.39. The maximum atomic E-state index is 12.9. The van der Waals surface area contributed by atoms with Gasteiger partial charge in [-0.1, -0.05) is 36.2 Å². The molecule has 1 aliphatic carbocycles. The molecule has 1 saturated heterocycles. The second kappa shape index (κ2) is 9.15. The third-order valence-corrected chi connectivity index (χ3v) is 6.65. The summed E-state index contributed by atoms with van der Waals surface area (Å²) in [4.78, 5) is 39.5. The Labute approximate surface area is 189 Å². The molecule has 6 heteroatoms. The number of hydrogen-bond acceptors (Lipinski definition) is 3. The van der Waals surface area contributed by atoms with Gasteiger partial charge in [-0.25, -0.2) is 0 Å². The van der Waals surface area contributed by atoms with Crippen molar-refractivity contribution in [3.8, 4) is 0 Å². The fourth-order valence-electron chi connectivity index (χ4n) is 4.52. The van der Waals surface area contributed by atoms with E-state index in [4.69, 9.17) is 0 Å². The van der Waals surface area contributed by atoms with E-state index in [2.05, 4.69) is 16.7 Å². The average molecular weight is 434 g/mol. The van der Waals surface area contributed by atoms with Crippen molar-refractivity contribution in [3.63, 3.8) is 0 Å². The quantitative estimate of drug-likeness (QED) is 0.714. The Hall–Kier alpha value is -3.15. The Morgan fingerprint density at radius 3 is 2.50 bits per heavy atom. The average Bonchev–Trinajstić information content (AvgIpc) is 3.08. The van der Waals surface area contributed by atoms with Crippen LogP contribution in [-0.2, 0) is 14.4 Å². The number of benzene rings is 2. The predicted octanol–water partition coefficient (Wildman–Crippen LogP) is 4.27. The molecule has 0 spiro atoms. The molecule has 1 heterocycles. The highest BCUT2D eigenvalue weighted by molar-refractivity contribution is 6.01. The molecule has 32 heavy (non-hydrogen) atoms. The zero-order chi connectivity index (χ0) is 22.8. The predicted molar refractivity (Wildman–Crippen MR) is 125 cm³/mol. The first-order valence-corrected chi connectivity index (χ1v) is 11.4. The van der Waals surface area contributed by atoms with Crippen LogP contribution in [0.5, 0.6) is 0 Å². The maximum Gasteiger partial charge on any atom is 0.227 e. The molecule has 2 fully saturated rings. The smallest absolute Gasteiger partial charge is 0.227 e. The maximum absolute atomic E-state index is 12.9. The number of carbonyl (C=O) groups excluding carboxylic acids is 3. The van der Waals surface area contributed by atoms with Crippen molar-refractivity contribution in [3.05, 3.63) is 59.2 Å². The van der Waals surface area contributed by atoms with Gasteiger partial charge in [0, 0.05) is 30.3 Å². The van der Waals surface area contributed by atoms with Gasteiger partial charge in [0.05, 0.1) is 12.0 Å². The third kappa shape index (κ3) is 4.69. The van der Waals surface area contributed by atoms with E-state index in [1.807, 2.05) is 57.2 Å². The van der Waals surface area contributed by atoms with Crippen molar-refractivity contribution in [2.45, 2.75) is 52.5 Å². The minimum atomic E-state index is -0.399. The molecule has 2 aliphatic rings. The minimum absolute atomic E-state index is 0.0405. The summed E-state index contributed by atoms with van der Waals surface area (Å²) in [7, 11) is 0. The summed E-state index contributed by atoms with van der Waals surface area (Å²) in [5, 5.41) is 6.03. The fraction of sp³-hybridized carbons (Fsp3) is 0.423. The van der Waals surface area contributed by atoms with Crippen LogP contribution in [0, 0.1) is 25.7 Å². The summed E-state index contributed by atoms with van der Waals surface area (Å²) in [5.74, 6) is -0.448. The Kier molecular flexibility index (Phi) is 6.31. The zero-order valence-corrected chi connectivity index (χ0v) is 19.0. The molecule has 1 saturated carbocycles. The lowest BCUT2D eigenvalue weighted by molar-refractivity contribution is -0.126. The van der Waals surface area contributed by atoms with Gasteiger partial charge in [-0.05, 0) is 62.9 Å². The van der Waals surface area contributed by atoms with Crippen molar-refractivity contribution < 1.29 is 14.4 Å². The van der Waals surface area contributed by atoms with Crippen molar-refractivity contribution in [2.75, 3.05) is 16.8 Å². The number of nitrogens with one attached hydrogen (secondary N) is 2. The van der Waals surface area contributed by atoms with Gasteiger partial charge in [0.1, 0.15) is 0 Å². The molecule has 2 atom stereocenters. The molecule has 6 nitrogen and oxygen atoms in total. The van der Waals surface area contributed by atoms with Crippen molar-refractivity contribution in [2.24, 2.45) is 11.8 Å². The van der Waals surface area contributed by atoms with Gasteiger partial charge in [-0.2, -0.15) is 0 Å². The number of nitrogens with zero attached hydrogens (tertiary/aromatic N) is 1. The summed E-state index contributed by atoms with van der Waals surface area (Å²) in [6, 6.07) is 13.4. The molecule has 168 valence electrons. The molecule has 2 aromatic rings. The van der Waals surface area contributed by atoms with Crippen LogP contribution in [-0.4, -0.2) is 24.3 Å². The molecule has 2 aromatic carbocycles. The zero-order valence-electron chi connectivity index (χ0n) is 19.0. The second-order valence-corrected chi connectivity index (χ2v) is 9.16. The summed E-state index contributed by atoms with van der Waals surface area (Å²) in [6.07, 6.45) is 3.16.